The number of H-pyrrole nitrogens is 1. The van der Waals surface area contributed by atoms with Gasteiger partial charge in [-0.2, -0.15) is 5.10 Å². The second kappa shape index (κ2) is 7.00. The summed E-state index contributed by atoms with van der Waals surface area (Å²) in [6.45, 7) is 1.42. The maximum atomic E-state index is 13.7. The lowest BCUT2D eigenvalue weighted by molar-refractivity contribution is 0.276. The van der Waals surface area contributed by atoms with E-state index >= 15 is 0 Å². The molecule has 1 aromatic heterocycles. The van der Waals surface area contributed by atoms with Crippen molar-refractivity contribution in [2.45, 2.75) is 13.0 Å². The minimum Gasteiger partial charge on any atom is -0.394 e. The van der Waals surface area contributed by atoms with Crippen molar-refractivity contribution in [2.24, 2.45) is 0 Å². The van der Waals surface area contributed by atoms with Crippen molar-refractivity contribution in [2.75, 3.05) is 11.9 Å². The van der Waals surface area contributed by atoms with E-state index in [0.29, 0.717) is 16.8 Å². The van der Waals surface area contributed by atoms with Crippen LogP contribution in [0.25, 0.3) is 10.8 Å². The van der Waals surface area contributed by atoms with Gasteiger partial charge in [0.25, 0.3) is 5.56 Å². The minimum absolute atomic E-state index is 0.155. The topological polar surface area (TPSA) is 78.0 Å². The Morgan fingerprint density at radius 2 is 2.04 bits per heavy atom. The monoisotopic (exact) mass is 381 g/mol. The average Bonchev–Trinajstić information content (AvgIpc) is 2.61. The van der Waals surface area contributed by atoms with E-state index in [-0.39, 0.29) is 27.8 Å². The third-order valence-corrected chi connectivity index (χ3v) is 4.64. The number of nitrogens with one attached hydrogen (secondary N) is 2. The summed E-state index contributed by atoms with van der Waals surface area (Å²) in [5.41, 5.74) is 1.17. The number of aromatic amines is 1. The van der Waals surface area contributed by atoms with Crippen molar-refractivity contribution >= 4 is 39.7 Å². The van der Waals surface area contributed by atoms with E-state index in [1.54, 1.807) is 25.1 Å². The number of aryl methyl sites for hydroxylation is 1. The van der Waals surface area contributed by atoms with Crippen LogP contribution in [-0.4, -0.2) is 21.9 Å². The minimum atomic E-state index is -0.741. The molecule has 0 bridgehead atoms. The lowest BCUT2D eigenvalue weighted by atomic mass is 10.1. The lowest BCUT2D eigenvalue weighted by Crippen LogP contribution is -2.17. The van der Waals surface area contributed by atoms with Crippen LogP contribution in [0.2, 0.25) is 10.0 Å². The normalized spacial score (nSPS) is 12.4. The van der Waals surface area contributed by atoms with E-state index < -0.39 is 11.9 Å². The summed E-state index contributed by atoms with van der Waals surface area (Å²) in [6.07, 6.45) is 0. The Kier molecular flexibility index (Phi) is 4.94. The molecule has 0 aliphatic heterocycles. The smallest absolute Gasteiger partial charge is 0.272 e. The molecule has 2 aromatic carbocycles. The summed E-state index contributed by atoms with van der Waals surface area (Å²) in [7, 11) is 0. The van der Waals surface area contributed by atoms with E-state index in [1.165, 1.54) is 6.07 Å². The van der Waals surface area contributed by atoms with Gasteiger partial charge in [-0.25, -0.2) is 9.49 Å². The summed E-state index contributed by atoms with van der Waals surface area (Å²) < 4.78 is 13.7. The van der Waals surface area contributed by atoms with Crippen LogP contribution < -0.4 is 10.9 Å². The fourth-order valence-electron chi connectivity index (χ4n) is 2.66. The van der Waals surface area contributed by atoms with Crippen molar-refractivity contribution in [3.63, 3.8) is 0 Å². The average molecular weight is 382 g/mol. The van der Waals surface area contributed by atoms with Gasteiger partial charge in [0.05, 0.1) is 28.8 Å². The number of aliphatic hydroxyl groups excluding tert-OH is 1. The zero-order chi connectivity index (χ0) is 18.1. The SMILES string of the molecule is Cc1n[nH]c(=O)c2cc(NC(CO)c3c(Cl)ccc(F)c3Cl)ccc12. The van der Waals surface area contributed by atoms with Crippen LogP contribution in [0, 0.1) is 12.7 Å². The Bertz CT molecular complexity index is 1010. The van der Waals surface area contributed by atoms with Gasteiger partial charge in [0.1, 0.15) is 5.82 Å². The van der Waals surface area contributed by atoms with Crippen molar-refractivity contribution in [3.05, 3.63) is 67.8 Å². The number of nitrogens with zero attached hydrogens (tertiary/aromatic N) is 1. The van der Waals surface area contributed by atoms with E-state index in [0.717, 1.165) is 11.5 Å². The number of rotatable bonds is 4. The fourth-order valence-corrected chi connectivity index (χ4v) is 3.30. The molecule has 3 N–H and O–H groups in total. The molecule has 0 saturated carbocycles. The highest BCUT2D eigenvalue weighted by Gasteiger charge is 2.20. The molecule has 25 heavy (non-hydrogen) atoms. The van der Waals surface area contributed by atoms with Gasteiger partial charge in [0, 0.05) is 21.7 Å². The highest BCUT2D eigenvalue weighted by Crippen LogP contribution is 2.34. The van der Waals surface area contributed by atoms with Crippen molar-refractivity contribution in [1.82, 2.24) is 10.2 Å². The van der Waals surface area contributed by atoms with Crippen LogP contribution in [0.1, 0.15) is 17.3 Å². The van der Waals surface area contributed by atoms with Crippen LogP contribution in [0.4, 0.5) is 10.1 Å². The van der Waals surface area contributed by atoms with E-state index in [2.05, 4.69) is 15.5 Å². The molecule has 130 valence electrons. The molecule has 5 nitrogen and oxygen atoms in total. The quantitative estimate of drug-likeness (QED) is 0.600. The standard InChI is InChI=1S/C17H14Cl2FN3O2/c1-8-10-3-2-9(6-11(10)17(25)23-22-8)21-14(7-24)15-12(18)4-5-13(20)16(15)19/h2-6,14,21,24H,7H2,1H3,(H,23,25). The summed E-state index contributed by atoms with van der Waals surface area (Å²) in [5, 5.41) is 20.3. The van der Waals surface area contributed by atoms with E-state index in [9.17, 15) is 14.3 Å². The molecule has 0 amide bonds. The number of fused-ring (bicyclic) bond motifs is 1. The molecule has 3 aromatic rings. The Hall–Kier alpha value is -2.15. The number of hydrogen-bond acceptors (Lipinski definition) is 4. The second-order valence-electron chi connectivity index (χ2n) is 5.53. The third-order valence-electron chi connectivity index (χ3n) is 3.93. The van der Waals surface area contributed by atoms with Gasteiger partial charge in [-0.15, -0.1) is 0 Å². The zero-order valence-electron chi connectivity index (χ0n) is 13.1. The fraction of sp³-hybridized carbons (Fsp3) is 0.176. The van der Waals surface area contributed by atoms with Crippen LogP contribution in [0.5, 0.6) is 0 Å². The van der Waals surface area contributed by atoms with Gasteiger partial charge in [0.15, 0.2) is 0 Å². The summed E-state index contributed by atoms with van der Waals surface area (Å²) in [6, 6.07) is 6.91. The van der Waals surface area contributed by atoms with Crippen molar-refractivity contribution < 1.29 is 9.50 Å². The first-order chi connectivity index (χ1) is 11.9. The van der Waals surface area contributed by atoms with Crippen LogP contribution >= 0.6 is 23.2 Å². The Morgan fingerprint density at radius 3 is 2.76 bits per heavy atom. The molecule has 0 aliphatic carbocycles. The first-order valence-corrected chi connectivity index (χ1v) is 8.17. The molecule has 0 spiro atoms. The predicted octanol–water partition coefficient (Wildman–Crippen LogP) is 3.82. The Morgan fingerprint density at radius 1 is 1.28 bits per heavy atom. The maximum absolute atomic E-state index is 13.7. The highest BCUT2D eigenvalue weighted by atomic mass is 35.5. The molecular weight excluding hydrogens is 368 g/mol. The van der Waals surface area contributed by atoms with Crippen molar-refractivity contribution in [3.8, 4) is 0 Å². The largest absolute Gasteiger partial charge is 0.394 e. The van der Waals surface area contributed by atoms with E-state index in [4.69, 9.17) is 23.2 Å². The molecule has 0 saturated heterocycles. The zero-order valence-corrected chi connectivity index (χ0v) is 14.6. The highest BCUT2D eigenvalue weighted by molar-refractivity contribution is 6.36. The van der Waals surface area contributed by atoms with Crippen LogP contribution in [0.3, 0.4) is 0 Å². The van der Waals surface area contributed by atoms with E-state index in [1.807, 2.05) is 0 Å². The van der Waals surface area contributed by atoms with Gasteiger partial charge < -0.3 is 10.4 Å². The third kappa shape index (κ3) is 3.33. The van der Waals surface area contributed by atoms with Gasteiger partial charge in [-0.05, 0) is 31.2 Å². The number of aliphatic hydroxyl groups is 1. The van der Waals surface area contributed by atoms with Gasteiger partial charge >= 0.3 is 0 Å². The second-order valence-corrected chi connectivity index (χ2v) is 6.32. The number of benzene rings is 2. The van der Waals surface area contributed by atoms with Gasteiger partial charge in [-0.3, -0.25) is 4.79 Å². The molecule has 1 unspecified atom stereocenters. The predicted molar refractivity (Wildman–Crippen MR) is 97.0 cm³/mol. The molecule has 3 rings (SSSR count). The van der Waals surface area contributed by atoms with Crippen molar-refractivity contribution in [1.29, 1.82) is 0 Å². The van der Waals surface area contributed by atoms with Crippen LogP contribution in [-0.2, 0) is 0 Å². The first kappa shape index (κ1) is 17.7. The molecule has 1 atom stereocenters. The number of hydrogen-bond donors (Lipinski definition) is 3. The maximum Gasteiger partial charge on any atom is 0.272 e. The first-order valence-electron chi connectivity index (χ1n) is 7.42. The summed E-state index contributed by atoms with van der Waals surface area (Å²) in [4.78, 5) is 12.0. The molecule has 0 aliphatic rings. The molecule has 0 radical (unpaired) electrons. The summed E-state index contributed by atoms with van der Waals surface area (Å²) >= 11 is 12.1. The lowest BCUT2D eigenvalue weighted by Gasteiger charge is -2.21. The Labute approximate surface area is 152 Å². The number of aromatic nitrogens is 2. The van der Waals surface area contributed by atoms with Crippen LogP contribution in [0.15, 0.2) is 35.1 Å². The number of anilines is 1. The molecular formula is C17H14Cl2FN3O2. The number of halogens is 3. The van der Waals surface area contributed by atoms with Gasteiger partial charge in [-0.1, -0.05) is 29.3 Å². The Balaban J connectivity index is 2.04. The summed E-state index contributed by atoms with van der Waals surface area (Å²) in [5.74, 6) is -0.627. The van der Waals surface area contributed by atoms with Gasteiger partial charge in [0.2, 0.25) is 0 Å². The molecule has 0 fully saturated rings. The molecule has 8 heteroatoms. The molecule has 1 heterocycles.